The van der Waals surface area contributed by atoms with Crippen LogP contribution in [0, 0.1) is 0 Å². The molecule has 0 unspecified atom stereocenters. The Morgan fingerprint density at radius 2 is 2.31 bits per heavy atom. The summed E-state index contributed by atoms with van der Waals surface area (Å²) in [6.45, 7) is 0.481. The molecular formula is C8H8N4S. The topological polar surface area (TPSA) is 64.7 Å². The minimum absolute atomic E-state index is 0.481. The van der Waals surface area contributed by atoms with Crippen molar-refractivity contribution in [2.45, 2.75) is 6.54 Å². The largest absolute Gasteiger partial charge is 0.325 e. The molecule has 0 aliphatic heterocycles. The molecule has 0 bridgehead atoms. The molecule has 0 saturated carbocycles. The fourth-order valence-electron chi connectivity index (χ4n) is 0.951. The number of nitrogens with two attached hydrogens (primary N) is 1. The van der Waals surface area contributed by atoms with E-state index >= 15 is 0 Å². The van der Waals surface area contributed by atoms with Crippen molar-refractivity contribution in [1.82, 2.24) is 15.2 Å². The molecule has 2 aromatic heterocycles. The molecule has 0 atom stereocenters. The van der Waals surface area contributed by atoms with E-state index in [0.29, 0.717) is 6.54 Å². The van der Waals surface area contributed by atoms with E-state index in [0.717, 1.165) is 16.3 Å². The Hall–Kier alpha value is -1.33. The number of thiazole rings is 1. The van der Waals surface area contributed by atoms with Crippen molar-refractivity contribution in [2.24, 2.45) is 5.73 Å². The molecule has 13 heavy (non-hydrogen) atoms. The Balaban J connectivity index is 2.36. The lowest BCUT2D eigenvalue weighted by Gasteiger charge is -1.91. The smallest absolute Gasteiger partial charge is 0.125 e. The molecule has 5 heteroatoms. The molecule has 66 valence electrons. The van der Waals surface area contributed by atoms with Crippen molar-refractivity contribution >= 4 is 11.3 Å². The van der Waals surface area contributed by atoms with Crippen LogP contribution in [0.4, 0.5) is 0 Å². The van der Waals surface area contributed by atoms with E-state index in [2.05, 4.69) is 15.2 Å². The molecule has 0 radical (unpaired) electrons. The average Bonchev–Trinajstić information content (AvgIpc) is 2.67. The summed E-state index contributed by atoms with van der Waals surface area (Å²) in [7, 11) is 0. The van der Waals surface area contributed by atoms with Crippen LogP contribution in [0.2, 0.25) is 0 Å². The van der Waals surface area contributed by atoms with Gasteiger partial charge in [0.05, 0.1) is 18.1 Å². The van der Waals surface area contributed by atoms with Crippen LogP contribution in [0.5, 0.6) is 0 Å². The van der Waals surface area contributed by atoms with Crippen LogP contribution < -0.4 is 5.73 Å². The quantitative estimate of drug-likeness (QED) is 0.772. The number of aromatic nitrogens is 3. The highest BCUT2D eigenvalue weighted by atomic mass is 32.1. The molecule has 0 fully saturated rings. The first kappa shape index (κ1) is 8.28. The zero-order valence-electron chi connectivity index (χ0n) is 6.84. The predicted octanol–water partition coefficient (Wildman–Crippen LogP) is 1.06. The number of hydrogen-bond acceptors (Lipinski definition) is 5. The van der Waals surface area contributed by atoms with Crippen LogP contribution in [0.3, 0.4) is 0 Å². The second-order valence-corrected chi connectivity index (χ2v) is 3.34. The summed E-state index contributed by atoms with van der Waals surface area (Å²) in [4.78, 5) is 4.32. The van der Waals surface area contributed by atoms with Crippen molar-refractivity contribution < 1.29 is 0 Å². The van der Waals surface area contributed by atoms with Crippen molar-refractivity contribution in [2.75, 3.05) is 0 Å². The van der Waals surface area contributed by atoms with Gasteiger partial charge in [-0.1, -0.05) is 0 Å². The Morgan fingerprint density at radius 3 is 2.92 bits per heavy atom. The third-order valence-corrected chi connectivity index (χ3v) is 2.53. The van der Waals surface area contributed by atoms with E-state index < -0.39 is 0 Å². The van der Waals surface area contributed by atoms with E-state index in [1.807, 2.05) is 11.4 Å². The van der Waals surface area contributed by atoms with E-state index in [1.165, 1.54) is 0 Å². The van der Waals surface area contributed by atoms with Gasteiger partial charge in [-0.25, -0.2) is 4.98 Å². The van der Waals surface area contributed by atoms with Gasteiger partial charge in [0.1, 0.15) is 5.01 Å². The molecule has 0 spiro atoms. The third-order valence-electron chi connectivity index (χ3n) is 1.59. The molecule has 2 aromatic rings. The molecule has 0 saturated heterocycles. The van der Waals surface area contributed by atoms with E-state index in [-0.39, 0.29) is 0 Å². The van der Waals surface area contributed by atoms with Crippen molar-refractivity contribution in [3.05, 3.63) is 29.5 Å². The summed E-state index contributed by atoms with van der Waals surface area (Å²) in [5, 5.41) is 10.4. The Bertz CT molecular complexity index is 384. The Kier molecular flexibility index (Phi) is 2.29. The van der Waals surface area contributed by atoms with Crippen LogP contribution in [0.1, 0.15) is 5.69 Å². The standard InChI is InChI=1S/C8H8N4S/c9-3-7-5-13-8(12-7)6-1-2-10-11-4-6/h1-2,4-5H,3,9H2. The molecule has 0 aliphatic rings. The molecule has 0 aromatic carbocycles. The minimum Gasteiger partial charge on any atom is -0.325 e. The first-order valence-corrected chi connectivity index (χ1v) is 4.69. The summed E-state index contributed by atoms with van der Waals surface area (Å²) in [6, 6.07) is 1.88. The fourth-order valence-corrected chi connectivity index (χ4v) is 1.77. The van der Waals surface area contributed by atoms with Crippen LogP contribution in [-0.4, -0.2) is 15.2 Å². The molecule has 2 N–H and O–H groups in total. The number of hydrogen-bond donors (Lipinski definition) is 1. The van der Waals surface area contributed by atoms with Crippen LogP contribution in [0.15, 0.2) is 23.8 Å². The minimum atomic E-state index is 0.481. The first-order chi connectivity index (χ1) is 6.40. The first-order valence-electron chi connectivity index (χ1n) is 3.81. The van der Waals surface area contributed by atoms with Gasteiger partial charge in [-0.3, -0.25) is 0 Å². The predicted molar refractivity (Wildman–Crippen MR) is 51.0 cm³/mol. The monoisotopic (exact) mass is 192 g/mol. The summed E-state index contributed by atoms with van der Waals surface area (Å²) in [6.07, 6.45) is 3.35. The summed E-state index contributed by atoms with van der Waals surface area (Å²) >= 11 is 1.57. The van der Waals surface area contributed by atoms with E-state index in [9.17, 15) is 0 Å². The molecule has 2 heterocycles. The van der Waals surface area contributed by atoms with Crippen molar-refractivity contribution in [3.63, 3.8) is 0 Å². The van der Waals surface area contributed by atoms with Crippen molar-refractivity contribution in [1.29, 1.82) is 0 Å². The molecule has 0 amide bonds. The lowest BCUT2D eigenvalue weighted by molar-refractivity contribution is 1.01. The number of nitrogens with zero attached hydrogens (tertiary/aromatic N) is 3. The lowest BCUT2D eigenvalue weighted by Crippen LogP contribution is -1.95. The second kappa shape index (κ2) is 3.59. The maximum absolute atomic E-state index is 5.46. The zero-order valence-corrected chi connectivity index (χ0v) is 7.66. The zero-order chi connectivity index (χ0) is 9.10. The molecule has 0 aliphatic carbocycles. The molecule has 2 rings (SSSR count). The van der Waals surface area contributed by atoms with Crippen LogP contribution in [-0.2, 0) is 6.54 Å². The maximum Gasteiger partial charge on any atom is 0.125 e. The van der Waals surface area contributed by atoms with E-state index in [1.54, 1.807) is 23.7 Å². The van der Waals surface area contributed by atoms with E-state index in [4.69, 9.17) is 5.73 Å². The summed E-state index contributed by atoms with van der Waals surface area (Å²) in [5.41, 5.74) is 7.36. The molecule has 4 nitrogen and oxygen atoms in total. The van der Waals surface area contributed by atoms with Gasteiger partial charge >= 0.3 is 0 Å². The van der Waals surface area contributed by atoms with Crippen molar-refractivity contribution in [3.8, 4) is 10.6 Å². The Morgan fingerprint density at radius 1 is 1.38 bits per heavy atom. The summed E-state index contributed by atoms with van der Waals surface area (Å²) in [5.74, 6) is 0. The second-order valence-electron chi connectivity index (χ2n) is 2.48. The van der Waals surface area contributed by atoms with Gasteiger partial charge in [0.25, 0.3) is 0 Å². The normalized spacial score (nSPS) is 10.2. The van der Waals surface area contributed by atoms with Gasteiger partial charge < -0.3 is 5.73 Å². The SMILES string of the molecule is NCc1csc(-c2ccnnc2)n1. The third kappa shape index (κ3) is 1.71. The average molecular weight is 192 g/mol. The highest BCUT2D eigenvalue weighted by molar-refractivity contribution is 7.13. The van der Waals surface area contributed by atoms with Gasteiger partial charge in [-0.2, -0.15) is 10.2 Å². The van der Waals surface area contributed by atoms with Gasteiger partial charge in [0.2, 0.25) is 0 Å². The van der Waals surface area contributed by atoms with Gasteiger partial charge in [-0.15, -0.1) is 11.3 Å². The molecular weight excluding hydrogens is 184 g/mol. The Labute approximate surface area is 79.5 Å². The highest BCUT2D eigenvalue weighted by Gasteiger charge is 2.02. The van der Waals surface area contributed by atoms with Crippen LogP contribution >= 0.6 is 11.3 Å². The van der Waals surface area contributed by atoms with Gasteiger partial charge in [0.15, 0.2) is 0 Å². The lowest BCUT2D eigenvalue weighted by atomic mass is 10.3. The fraction of sp³-hybridized carbons (Fsp3) is 0.125. The maximum atomic E-state index is 5.46. The summed E-state index contributed by atoms with van der Waals surface area (Å²) < 4.78 is 0. The van der Waals surface area contributed by atoms with Crippen LogP contribution in [0.25, 0.3) is 10.6 Å². The van der Waals surface area contributed by atoms with Gasteiger partial charge in [0, 0.05) is 17.5 Å². The van der Waals surface area contributed by atoms with Gasteiger partial charge in [-0.05, 0) is 6.07 Å². The highest BCUT2D eigenvalue weighted by Crippen LogP contribution is 2.21. The number of rotatable bonds is 2.